The minimum absolute atomic E-state index is 0.518. The Hall–Kier alpha value is -0.870. The van der Waals surface area contributed by atoms with Gasteiger partial charge in [0.15, 0.2) is 0 Å². The van der Waals surface area contributed by atoms with Gasteiger partial charge in [-0.05, 0) is 26.7 Å². The second-order valence-corrected chi connectivity index (χ2v) is 5.54. The van der Waals surface area contributed by atoms with Crippen molar-refractivity contribution in [2.45, 2.75) is 64.5 Å². The van der Waals surface area contributed by atoms with E-state index in [0.717, 1.165) is 49.2 Å². The average Bonchev–Trinajstić information content (AvgIpc) is 2.55. The first-order valence-corrected chi connectivity index (χ1v) is 6.96. The lowest BCUT2D eigenvalue weighted by molar-refractivity contribution is 0.0250. The predicted molar refractivity (Wildman–Crippen MR) is 70.3 cm³/mol. The summed E-state index contributed by atoms with van der Waals surface area (Å²) in [6, 6.07) is 0. The second kappa shape index (κ2) is 5.85. The average molecular weight is 252 g/mol. The molecule has 1 aliphatic rings. The molecule has 18 heavy (non-hydrogen) atoms. The molecule has 0 radical (unpaired) electrons. The van der Waals surface area contributed by atoms with Crippen LogP contribution in [-0.2, 0) is 6.54 Å². The molecule has 1 fully saturated rings. The molecule has 0 aromatic carbocycles. The molecule has 1 saturated carbocycles. The van der Waals surface area contributed by atoms with Gasteiger partial charge >= 0.3 is 0 Å². The van der Waals surface area contributed by atoms with Crippen LogP contribution in [0, 0.1) is 13.8 Å². The molecule has 2 rings (SSSR count). The third-order valence-corrected chi connectivity index (χ3v) is 3.97. The van der Waals surface area contributed by atoms with E-state index in [1.165, 1.54) is 12.8 Å². The summed E-state index contributed by atoms with van der Waals surface area (Å²) in [6.45, 7) is 5.27. The largest absolute Gasteiger partial charge is 0.389 e. The van der Waals surface area contributed by atoms with Crippen LogP contribution in [0.5, 0.6) is 0 Å². The number of aromatic nitrogens is 1. The lowest BCUT2D eigenvalue weighted by atomic mass is 9.94. The highest BCUT2D eigenvalue weighted by Gasteiger charge is 2.27. The Morgan fingerprint density at radius 3 is 2.44 bits per heavy atom. The van der Waals surface area contributed by atoms with Gasteiger partial charge in [0.1, 0.15) is 5.76 Å². The standard InChI is InChI=1S/C14H24N2O2/c1-11-13(12(2)18-16-11)9-15-10-14(17)7-5-3-4-6-8-14/h15,17H,3-10H2,1-2H3. The zero-order chi connectivity index (χ0) is 13.0. The molecule has 2 N–H and O–H groups in total. The maximum atomic E-state index is 10.5. The quantitative estimate of drug-likeness (QED) is 0.808. The number of aliphatic hydroxyl groups is 1. The normalized spacial score (nSPS) is 19.7. The van der Waals surface area contributed by atoms with Crippen molar-refractivity contribution in [3.8, 4) is 0 Å². The fourth-order valence-corrected chi connectivity index (χ4v) is 2.74. The third-order valence-electron chi connectivity index (χ3n) is 3.97. The topological polar surface area (TPSA) is 58.3 Å². The molecular formula is C14H24N2O2. The van der Waals surface area contributed by atoms with Gasteiger partial charge in [-0.15, -0.1) is 0 Å². The van der Waals surface area contributed by atoms with Crippen LogP contribution in [0.25, 0.3) is 0 Å². The molecule has 4 heteroatoms. The van der Waals surface area contributed by atoms with Crippen molar-refractivity contribution in [3.63, 3.8) is 0 Å². The van der Waals surface area contributed by atoms with E-state index in [9.17, 15) is 5.11 Å². The highest BCUT2D eigenvalue weighted by molar-refractivity contribution is 5.20. The fourth-order valence-electron chi connectivity index (χ4n) is 2.74. The van der Waals surface area contributed by atoms with Gasteiger partial charge in [0.2, 0.25) is 0 Å². The molecule has 0 unspecified atom stereocenters. The summed E-state index contributed by atoms with van der Waals surface area (Å²) in [5, 5.41) is 17.8. The van der Waals surface area contributed by atoms with E-state index in [4.69, 9.17) is 4.52 Å². The van der Waals surface area contributed by atoms with Gasteiger partial charge in [-0.2, -0.15) is 0 Å². The zero-order valence-corrected chi connectivity index (χ0v) is 11.5. The van der Waals surface area contributed by atoms with Gasteiger partial charge in [0.25, 0.3) is 0 Å². The molecule has 0 spiro atoms. The first-order chi connectivity index (χ1) is 8.61. The molecule has 0 aliphatic heterocycles. The third kappa shape index (κ3) is 3.33. The maximum Gasteiger partial charge on any atom is 0.138 e. The molecule has 1 aliphatic carbocycles. The molecular weight excluding hydrogens is 228 g/mol. The first kappa shape index (κ1) is 13.6. The van der Waals surface area contributed by atoms with Crippen LogP contribution in [0.1, 0.15) is 55.5 Å². The van der Waals surface area contributed by atoms with Gasteiger partial charge in [0, 0.05) is 18.7 Å². The van der Waals surface area contributed by atoms with E-state index in [1.54, 1.807) is 0 Å². The highest BCUT2D eigenvalue weighted by Crippen LogP contribution is 2.26. The van der Waals surface area contributed by atoms with Crippen molar-refractivity contribution in [1.82, 2.24) is 10.5 Å². The Morgan fingerprint density at radius 2 is 1.89 bits per heavy atom. The van der Waals surface area contributed by atoms with Gasteiger partial charge < -0.3 is 14.9 Å². The van der Waals surface area contributed by atoms with Crippen molar-refractivity contribution in [2.24, 2.45) is 0 Å². The molecule has 0 atom stereocenters. The predicted octanol–water partition coefficient (Wildman–Crippen LogP) is 2.47. The summed E-state index contributed by atoms with van der Waals surface area (Å²) in [4.78, 5) is 0. The summed E-state index contributed by atoms with van der Waals surface area (Å²) in [6.07, 6.45) is 6.63. The Labute approximate surface area is 109 Å². The SMILES string of the molecule is Cc1noc(C)c1CNCC1(O)CCCCCC1. The van der Waals surface area contributed by atoms with Crippen molar-refractivity contribution in [1.29, 1.82) is 0 Å². The lowest BCUT2D eigenvalue weighted by Gasteiger charge is -2.26. The molecule has 1 aromatic rings. The second-order valence-electron chi connectivity index (χ2n) is 5.54. The molecule has 102 valence electrons. The number of nitrogens with one attached hydrogen (secondary N) is 1. The molecule has 1 heterocycles. The monoisotopic (exact) mass is 252 g/mol. The minimum atomic E-state index is -0.518. The summed E-state index contributed by atoms with van der Waals surface area (Å²) >= 11 is 0. The van der Waals surface area contributed by atoms with Gasteiger partial charge in [-0.3, -0.25) is 0 Å². The highest BCUT2D eigenvalue weighted by atomic mass is 16.5. The van der Waals surface area contributed by atoms with Crippen molar-refractivity contribution >= 4 is 0 Å². The van der Waals surface area contributed by atoms with Crippen LogP contribution in [0.15, 0.2) is 4.52 Å². The zero-order valence-electron chi connectivity index (χ0n) is 11.5. The number of nitrogens with zero attached hydrogens (tertiary/aromatic N) is 1. The van der Waals surface area contributed by atoms with Crippen LogP contribution in [0.4, 0.5) is 0 Å². The number of aryl methyl sites for hydroxylation is 2. The van der Waals surface area contributed by atoms with Crippen LogP contribution < -0.4 is 5.32 Å². The van der Waals surface area contributed by atoms with E-state index >= 15 is 0 Å². The van der Waals surface area contributed by atoms with E-state index in [1.807, 2.05) is 13.8 Å². The Bertz CT molecular complexity index is 360. The number of hydrogen-bond donors (Lipinski definition) is 2. The smallest absolute Gasteiger partial charge is 0.138 e. The fraction of sp³-hybridized carbons (Fsp3) is 0.786. The van der Waals surface area contributed by atoms with Crippen LogP contribution in [0.3, 0.4) is 0 Å². The minimum Gasteiger partial charge on any atom is -0.389 e. The summed E-state index contributed by atoms with van der Waals surface area (Å²) < 4.78 is 5.13. The summed E-state index contributed by atoms with van der Waals surface area (Å²) in [7, 11) is 0. The van der Waals surface area contributed by atoms with Gasteiger partial charge in [0.05, 0.1) is 11.3 Å². The van der Waals surface area contributed by atoms with E-state index in [0.29, 0.717) is 6.54 Å². The van der Waals surface area contributed by atoms with Gasteiger partial charge in [-0.25, -0.2) is 0 Å². The maximum absolute atomic E-state index is 10.5. The Balaban J connectivity index is 1.84. The Morgan fingerprint density at radius 1 is 1.22 bits per heavy atom. The van der Waals surface area contributed by atoms with Crippen molar-refractivity contribution in [2.75, 3.05) is 6.54 Å². The van der Waals surface area contributed by atoms with Crippen LogP contribution in [-0.4, -0.2) is 22.4 Å². The van der Waals surface area contributed by atoms with Crippen molar-refractivity contribution in [3.05, 3.63) is 17.0 Å². The summed E-state index contributed by atoms with van der Waals surface area (Å²) in [5.74, 6) is 0.868. The van der Waals surface area contributed by atoms with Gasteiger partial charge in [-0.1, -0.05) is 30.8 Å². The molecule has 0 saturated heterocycles. The molecule has 0 amide bonds. The van der Waals surface area contributed by atoms with E-state index < -0.39 is 5.60 Å². The van der Waals surface area contributed by atoms with Crippen LogP contribution >= 0.6 is 0 Å². The number of rotatable bonds is 4. The Kier molecular flexibility index (Phi) is 4.40. The number of hydrogen-bond acceptors (Lipinski definition) is 4. The van der Waals surface area contributed by atoms with E-state index in [2.05, 4.69) is 10.5 Å². The molecule has 4 nitrogen and oxygen atoms in total. The lowest BCUT2D eigenvalue weighted by Crippen LogP contribution is -2.40. The molecule has 1 aromatic heterocycles. The first-order valence-electron chi connectivity index (χ1n) is 6.96. The summed E-state index contributed by atoms with van der Waals surface area (Å²) in [5.41, 5.74) is 1.54. The van der Waals surface area contributed by atoms with Crippen LogP contribution in [0.2, 0.25) is 0 Å². The molecule has 0 bridgehead atoms. The van der Waals surface area contributed by atoms with Crippen molar-refractivity contribution < 1.29 is 9.63 Å². The van der Waals surface area contributed by atoms with E-state index in [-0.39, 0.29) is 0 Å².